The minimum atomic E-state index is -4.78. The zero-order valence-electron chi connectivity index (χ0n) is 13.3. The number of thioether (sulfide) groups is 1. The van der Waals surface area contributed by atoms with Gasteiger partial charge in [-0.05, 0) is 41.5 Å². The van der Waals surface area contributed by atoms with E-state index in [-0.39, 0.29) is 11.3 Å². The van der Waals surface area contributed by atoms with Crippen molar-refractivity contribution >= 4 is 17.7 Å². The Labute approximate surface area is 153 Å². The highest BCUT2D eigenvalue weighted by Gasteiger charge is 2.41. The maximum absolute atomic E-state index is 13.6. The summed E-state index contributed by atoms with van der Waals surface area (Å²) in [5.41, 5.74) is -1.73. The summed E-state index contributed by atoms with van der Waals surface area (Å²) in [5, 5.41) is -1.21. The maximum Gasteiger partial charge on any atom is 0.416 e. The number of carbonyl (C=O) groups excluding carboxylic acids is 1. The van der Waals surface area contributed by atoms with Gasteiger partial charge in [0.2, 0.25) is 5.91 Å². The molecule has 0 radical (unpaired) electrons. The third-order valence-electron chi connectivity index (χ3n) is 3.95. The smallest absolute Gasteiger partial charge is 0.321 e. The average molecular weight is 409 g/mol. The van der Waals surface area contributed by atoms with Crippen molar-refractivity contribution < 1.29 is 35.5 Å². The zero-order valence-corrected chi connectivity index (χ0v) is 14.1. The zero-order chi connectivity index (χ0) is 19.9. The fraction of sp³-hybridized carbons (Fsp3) is 0.235. The van der Waals surface area contributed by atoms with Crippen LogP contribution in [0, 0.1) is 23.3 Å². The summed E-state index contributed by atoms with van der Waals surface area (Å²) in [6, 6.07) is 3.22. The van der Waals surface area contributed by atoms with Gasteiger partial charge in [-0.15, -0.1) is 11.8 Å². The number of hydrogen-bond donors (Lipinski definition) is 0. The summed E-state index contributed by atoms with van der Waals surface area (Å²) in [6.45, 7) is -0.460. The topological polar surface area (TPSA) is 20.3 Å². The Bertz CT molecular complexity index is 876. The molecule has 1 atom stereocenters. The first-order valence-corrected chi connectivity index (χ1v) is 8.54. The Morgan fingerprint density at radius 3 is 2.26 bits per heavy atom. The van der Waals surface area contributed by atoms with Crippen molar-refractivity contribution in [1.29, 1.82) is 0 Å². The molecule has 3 rings (SSSR count). The van der Waals surface area contributed by atoms with Gasteiger partial charge in [-0.3, -0.25) is 4.79 Å². The molecule has 2 nitrogen and oxygen atoms in total. The van der Waals surface area contributed by atoms with Crippen molar-refractivity contribution in [2.75, 3.05) is 5.75 Å². The second-order valence-corrected chi connectivity index (χ2v) is 6.86. The van der Waals surface area contributed by atoms with E-state index >= 15 is 0 Å². The molecule has 144 valence electrons. The first kappa shape index (κ1) is 19.5. The third kappa shape index (κ3) is 3.90. The number of amides is 1. The molecule has 0 spiro atoms. The van der Waals surface area contributed by atoms with E-state index in [4.69, 9.17) is 0 Å². The number of alkyl halides is 3. The summed E-state index contributed by atoms with van der Waals surface area (Å²) in [4.78, 5) is 13.1. The van der Waals surface area contributed by atoms with Crippen molar-refractivity contribution in [2.45, 2.75) is 18.1 Å². The van der Waals surface area contributed by atoms with Crippen LogP contribution < -0.4 is 0 Å². The highest BCUT2D eigenvalue weighted by Crippen LogP contribution is 2.45. The van der Waals surface area contributed by atoms with E-state index in [1.807, 2.05) is 0 Å². The minimum absolute atomic E-state index is 0.141. The Morgan fingerprint density at radius 1 is 1.04 bits per heavy atom. The number of hydrogen-bond acceptors (Lipinski definition) is 2. The first-order valence-electron chi connectivity index (χ1n) is 7.49. The normalized spacial score (nSPS) is 17.7. The van der Waals surface area contributed by atoms with Gasteiger partial charge in [0.25, 0.3) is 0 Å². The fourth-order valence-electron chi connectivity index (χ4n) is 2.77. The lowest BCUT2D eigenvalue weighted by Crippen LogP contribution is -2.29. The maximum atomic E-state index is 13.6. The molecule has 1 amide bonds. The monoisotopic (exact) mass is 409 g/mol. The quantitative estimate of drug-likeness (QED) is 0.523. The van der Waals surface area contributed by atoms with Crippen molar-refractivity contribution in [3.05, 3.63) is 70.3 Å². The lowest BCUT2D eigenvalue weighted by Gasteiger charge is -2.26. The van der Waals surface area contributed by atoms with Gasteiger partial charge in [-0.25, -0.2) is 17.6 Å². The van der Waals surface area contributed by atoms with Crippen LogP contribution in [0.3, 0.4) is 0 Å². The van der Waals surface area contributed by atoms with Gasteiger partial charge in [0, 0.05) is 6.54 Å². The molecular formula is C17H10F7NOS. The molecule has 1 aliphatic heterocycles. The molecule has 27 heavy (non-hydrogen) atoms. The van der Waals surface area contributed by atoms with Crippen LogP contribution >= 0.6 is 11.8 Å². The number of benzene rings is 2. The fourth-order valence-corrected chi connectivity index (χ4v) is 3.99. The number of halogens is 7. The van der Waals surface area contributed by atoms with E-state index in [1.54, 1.807) is 0 Å². The molecule has 1 fully saturated rings. The van der Waals surface area contributed by atoms with Gasteiger partial charge in [-0.1, -0.05) is 0 Å². The molecule has 1 heterocycles. The van der Waals surface area contributed by atoms with Crippen LogP contribution in [0.25, 0.3) is 0 Å². The van der Waals surface area contributed by atoms with Crippen LogP contribution in [0.5, 0.6) is 0 Å². The second kappa shape index (κ2) is 7.06. The molecule has 0 aliphatic carbocycles. The Kier molecular flexibility index (Phi) is 5.11. The average Bonchev–Trinajstić information content (AvgIpc) is 2.92. The molecule has 1 aliphatic rings. The van der Waals surface area contributed by atoms with Crippen molar-refractivity contribution in [2.24, 2.45) is 0 Å². The molecule has 2 aromatic carbocycles. The van der Waals surface area contributed by atoms with E-state index in [9.17, 15) is 35.5 Å². The van der Waals surface area contributed by atoms with Crippen molar-refractivity contribution in [3.63, 3.8) is 0 Å². The predicted octanol–water partition coefficient (Wildman–Crippen LogP) is 5.04. The highest BCUT2D eigenvalue weighted by atomic mass is 32.2. The number of carbonyl (C=O) groups is 1. The molecule has 0 aromatic heterocycles. The summed E-state index contributed by atoms with van der Waals surface area (Å²) in [7, 11) is 0. The summed E-state index contributed by atoms with van der Waals surface area (Å²) >= 11 is 0.830. The largest absolute Gasteiger partial charge is 0.416 e. The molecule has 1 unspecified atom stereocenters. The van der Waals surface area contributed by atoms with E-state index in [1.165, 1.54) is 0 Å². The van der Waals surface area contributed by atoms with E-state index in [0.29, 0.717) is 30.3 Å². The van der Waals surface area contributed by atoms with Gasteiger partial charge in [-0.2, -0.15) is 13.2 Å². The van der Waals surface area contributed by atoms with Gasteiger partial charge in [0.1, 0.15) is 11.2 Å². The van der Waals surface area contributed by atoms with Gasteiger partial charge in [0.15, 0.2) is 17.5 Å². The molecule has 1 saturated heterocycles. The lowest BCUT2D eigenvalue weighted by molar-refractivity contribution is -0.139. The SMILES string of the molecule is O=C1CSC(c2cc(F)ccc2C(F)(F)F)N1Cc1cc(F)c(F)c(F)c1. The lowest BCUT2D eigenvalue weighted by atomic mass is 10.1. The molecule has 2 aromatic rings. The van der Waals surface area contributed by atoms with Crippen LogP contribution in [0.15, 0.2) is 30.3 Å². The van der Waals surface area contributed by atoms with Crippen LogP contribution in [-0.4, -0.2) is 16.6 Å². The Hall–Kier alpha value is -2.23. The highest BCUT2D eigenvalue weighted by molar-refractivity contribution is 8.00. The summed E-state index contributed by atoms with van der Waals surface area (Å²) < 4.78 is 93.2. The molecular weight excluding hydrogens is 399 g/mol. The van der Waals surface area contributed by atoms with Gasteiger partial charge >= 0.3 is 6.18 Å². The Balaban J connectivity index is 2.00. The van der Waals surface area contributed by atoms with E-state index < -0.39 is 58.4 Å². The van der Waals surface area contributed by atoms with Crippen molar-refractivity contribution in [3.8, 4) is 0 Å². The standard InChI is InChI=1S/C17H10F7NOS/c18-9-1-2-11(17(22,23)24)10(5-9)16-25(14(26)7-27-16)6-8-3-12(19)15(21)13(20)4-8/h1-5,16H,6-7H2. The number of nitrogens with zero attached hydrogens (tertiary/aromatic N) is 1. The van der Waals surface area contributed by atoms with E-state index in [0.717, 1.165) is 16.7 Å². The Morgan fingerprint density at radius 2 is 1.67 bits per heavy atom. The second-order valence-electron chi connectivity index (χ2n) is 5.79. The van der Waals surface area contributed by atoms with Gasteiger partial charge < -0.3 is 4.90 Å². The van der Waals surface area contributed by atoms with Crippen LogP contribution in [0.2, 0.25) is 0 Å². The van der Waals surface area contributed by atoms with Crippen LogP contribution in [0.1, 0.15) is 22.1 Å². The van der Waals surface area contributed by atoms with Gasteiger partial charge in [0.05, 0.1) is 11.3 Å². The van der Waals surface area contributed by atoms with Crippen molar-refractivity contribution in [1.82, 2.24) is 4.90 Å². The molecule has 0 saturated carbocycles. The van der Waals surface area contributed by atoms with Crippen LogP contribution in [0.4, 0.5) is 30.7 Å². The van der Waals surface area contributed by atoms with Crippen LogP contribution in [-0.2, 0) is 17.5 Å². The first-order chi connectivity index (χ1) is 12.6. The molecule has 10 heteroatoms. The predicted molar refractivity (Wildman–Crippen MR) is 83.5 cm³/mol. The molecule has 0 bridgehead atoms. The minimum Gasteiger partial charge on any atom is -0.321 e. The van der Waals surface area contributed by atoms with E-state index in [2.05, 4.69) is 0 Å². The number of rotatable bonds is 3. The summed E-state index contributed by atoms with van der Waals surface area (Å²) in [6.07, 6.45) is -4.78. The third-order valence-corrected chi connectivity index (χ3v) is 5.19. The molecule has 0 N–H and O–H groups in total. The summed E-state index contributed by atoms with van der Waals surface area (Å²) in [5.74, 6) is -6.36.